The Labute approximate surface area is 133 Å². The summed E-state index contributed by atoms with van der Waals surface area (Å²) in [6, 6.07) is 13.6. The van der Waals surface area contributed by atoms with Gasteiger partial charge in [0.2, 0.25) is 0 Å². The number of halogens is 2. The van der Waals surface area contributed by atoms with Gasteiger partial charge in [-0.25, -0.2) is 9.79 Å². The maximum atomic E-state index is 11.9. The Hall–Kier alpha value is -2.04. The molecule has 0 aliphatic carbocycles. The molecule has 2 amide bonds. The number of rotatable bonds is 3. The Kier molecular flexibility index (Phi) is 5.20. The number of aliphatic imine (C=N–C) groups is 1. The molecule has 0 spiro atoms. The van der Waals surface area contributed by atoms with Gasteiger partial charge in [0.05, 0.1) is 11.4 Å². The molecule has 0 aliphatic heterocycles. The van der Waals surface area contributed by atoms with Gasteiger partial charge < -0.3 is 5.32 Å². The molecule has 21 heavy (non-hydrogen) atoms. The summed E-state index contributed by atoms with van der Waals surface area (Å²) >= 11 is 11.7. The summed E-state index contributed by atoms with van der Waals surface area (Å²) < 4.78 is 0. The molecule has 0 aliphatic rings. The number of nitrogens with zero attached hydrogens (tertiary/aromatic N) is 2. The molecule has 0 radical (unpaired) electrons. The average Bonchev–Trinajstić information content (AvgIpc) is 2.50. The van der Waals surface area contributed by atoms with E-state index in [0.29, 0.717) is 21.4 Å². The number of carbonyl (C=O) groups excluding carboxylic acids is 1. The minimum atomic E-state index is -0.296. The summed E-state index contributed by atoms with van der Waals surface area (Å²) in [5.41, 5.74) is 1.36. The molecule has 0 bridgehead atoms. The van der Waals surface area contributed by atoms with E-state index in [1.165, 1.54) is 11.2 Å². The zero-order valence-corrected chi connectivity index (χ0v) is 12.8. The van der Waals surface area contributed by atoms with Crippen molar-refractivity contribution in [1.29, 1.82) is 0 Å². The first kappa shape index (κ1) is 15.4. The molecule has 0 fully saturated rings. The maximum absolute atomic E-state index is 11.9. The number of hydrogen-bond donors (Lipinski definition) is 1. The zero-order valence-electron chi connectivity index (χ0n) is 11.3. The lowest BCUT2D eigenvalue weighted by Gasteiger charge is -2.17. The Balaban J connectivity index is 2.26. The summed E-state index contributed by atoms with van der Waals surface area (Å²) in [5.74, 6) is 0. The molecule has 0 saturated carbocycles. The van der Waals surface area contributed by atoms with Gasteiger partial charge in [-0.3, -0.25) is 4.90 Å². The smallest absolute Gasteiger partial charge is 0.326 e. The standard InChI is InChI=1S/C15H13Cl2N3O/c1-18-15(21)20(14-8-4-12(17)5-9-14)10-19-13-6-2-11(16)3-7-13/h2-10H,1H3,(H,18,21). The van der Waals surface area contributed by atoms with Crippen LogP contribution >= 0.6 is 23.2 Å². The third-order valence-electron chi connectivity index (χ3n) is 2.69. The molecule has 0 saturated heterocycles. The number of anilines is 1. The monoisotopic (exact) mass is 321 g/mol. The van der Waals surface area contributed by atoms with E-state index in [4.69, 9.17) is 23.2 Å². The van der Waals surface area contributed by atoms with E-state index in [0.717, 1.165) is 0 Å². The van der Waals surface area contributed by atoms with Crippen LogP contribution in [0, 0.1) is 0 Å². The van der Waals surface area contributed by atoms with Crippen LogP contribution in [0.25, 0.3) is 0 Å². The third kappa shape index (κ3) is 4.21. The van der Waals surface area contributed by atoms with E-state index in [1.807, 2.05) is 0 Å². The van der Waals surface area contributed by atoms with E-state index < -0.39 is 0 Å². The fourth-order valence-electron chi connectivity index (χ4n) is 1.61. The second-order valence-electron chi connectivity index (χ2n) is 4.12. The normalized spacial score (nSPS) is 10.6. The molecule has 2 aromatic rings. The lowest BCUT2D eigenvalue weighted by Crippen LogP contribution is -2.37. The van der Waals surface area contributed by atoms with E-state index in [9.17, 15) is 4.79 Å². The van der Waals surface area contributed by atoms with Gasteiger partial charge in [0.1, 0.15) is 6.34 Å². The van der Waals surface area contributed by atoms with Crippen LogP contribution in [-0.4, -0.2) is 19.4 Å². The molecule has 6 heteroatoms. The highest BCUT2D eigenvalue weighted by molar-refractivity contribution is 6.31. The molecule has 2 aromatic carbocycles. The third-order valence-corrected chi connectivity index (χ3v) is 3.19. The van der Waals surface area contributed by atoms with Crippen molar-refractivity contribution in [2.75, 3.05) is 11.9 Å². The van der Waals surface area contributed by atoms with E-state index in [-0.39, 0.29) is 6.03 Å². The molecular formula is C15H13Cl2N3O. The Bertz CT molecular complexity index is 639. The highest BCUT2D eigenvalue weighted by Gasteiger charge is 2.11. The molecule has 4 nitrogen and oxygen atoms in total. The topological polar surface area (TPSA) is 44.7 Å². The van der Waals surface area contributed by atoms with Crippen LogP contribution in [0.3, 0.4) is 0 Å². The Morgan fingerprint density at radius 1 is 1.05 bits per heavy atom. The fraction of sp³-hybridized carbons (Fsp3) is 0.0667. The van der Waals surface area contributed by atoms with Gasteiger partial charge in [-0.1, -0.05) is 23.2 Å². The Morgan fingerprint density at radius 2 is 1.57 bits per heavy atom. The van der Waals surface area contributed by atoms with Gasteiger partial charge in [-0.2, -0.15) is 0 Å². The van der Waals surface area contributed by atoms with Crippen molar-refractivity contribution in [3.05, 3.63) is 58.6 Å². The first-order valence-corrected chi connectivity index (χ1v) is 6.92. The molecule has 1 N–H and O–H groups in total. The number of benzene rings is 2. The molecule has 0 heterocycles. The molecule has 0 unspecified atom stereocenters. The van der Waals surface area contributed by atoms with Gasteiger partial charge in [0.25, 0.3) is 0 Å². The SMILES string of the molecule is CNC(=O)N(C=Nc1ccc(Cl)cc1)c1ccc(Cl)cc1. The van der Waals surface area contributed by atoms with Crippen LogP contribution in [0.4, 0.5) is 16.2 Å². The zero-order chi connectivity index (χ0) is 15.2. The van der Waals surface area contributed by atoms with Crippen LogP contribution in [0.2, 0.25) is 10.0 Å². The van der Waals surface area contributed by atoms with Crippen LogP contribution in [0.15, 0.2) is 53.5 Å². The maximum Gasteiger partial charge on any atom is 0.326 e. The highest BCUT2D eigenvalue weighted by atomic mass is 35.5. The number of nitrogens with one attached hydrogen (secondary N) is 1. The minimum absolute atomic E-state index is 0.296. The van der Waals surface area contributed by atoms with E-state index >= 15 is 0 Å². The number of carbonyl (C=O) groups is 1. The van der Waals surface area contributed by atoms with Crippen molar-refractivity contribution in [1.82, 2.24) is 5.32 Å². The summed E-state index contributed by atoms with van der Waals surface area (Å²) in [7, 11) is 1.56. The Morgan fingerprint density at radius 3 is 2.10 bits per heavy atom. The predicted octanol–water partition coefficient (Wildman–Crippen LogP) is 4.50. The summed E-state index contributed by atoms with van der Waals surface area (Å²) in [4.78, 5) is 17.6. The van der Waals surface area contributed by atoms with Gasteiger partial charge in [0, 0.05) is 17.1 Å². The summed E-state index contributed by atoms with van der Waals surface area (Å²) in [6.07, 6.45) is 1.45. The lowest BCUT2D eigenvalue weighted by atomic mass is 10.3. The average molecular weight is 322 g/mol. The molecular weight excluding hydrogens is 309 g/mol. The van der Waals surface area contributed by atoms with Crippen LogP contribution in [0.1, 0.15) is 0 Å². The minimum Gasteiger partial charge on any atom is -0.340 e. The van der Waals surface area contributed by atoms with Crippen LogP contribution in [-0.2, 0) is 0 Å². The summed E-state index contributed by atoms with van der Waals surface area (Å²) in [6.45, 7) is 0. The number of hydrogen-bond acceptors (Lipinski definition) is 2. The highest BCUT2D eigenvalue weighted by Crippen LogP contribution is 2.19. The predicted molar refractivity (Wildman–Crippen MR) is 88.0 cm³/mol. The summed E-state index contributed by atoms with van der Waals surface area (Å²) in [5, 5.41) is 3.80. The molecule has 108 valence electrons. The van der Waals surface area contributed by atoms with Crippen molar-refractivity contribution in [2.24, 2.45) is 4.99 Å². The number of amides is 2. The first-order chi connectivity index (χ1) is 10.1. The van der Waals surface area contributed by atoms with Gasteiger partial charge in [-0.05, 0) is 48.5 Å². The van der Waals surface area contributed by atoms with Gasteiger partial charge >= 0.3 is 6.03 Å². The van der Waals surface area contributed by atoms with Gasteiger partial charge in [-0.15, -0.1) is 0 Å². The van der Waals surface area contributed by atoms with E-state index in [1.54, 1.807) is 55.6 Å². The van der Waals surface area contributed by atoms with E-state index in [2.05, 4.69) is 10.3 Å². The van der Waals surface area contributed by atoms with Crippen LogP contribution < -0.4 is 10.2 Å². The number of urea groups is 1. The van der Waals surface area contributed by atoms with Gasteiger partial charge in [0.15, 0.2) is 0 Å². The largest absolute Gasteiger partial charge is 0.340 e. The lowest BCUT2D eigenvalue weighted by molar-refractivity contribution is 0.251. The molecule has 0 atom stereocenters. The quantitative estimate of drug-likeness (QED) is 0.656. The van der Waals surface area contributed by atoms with Crippen molar-refractivity contribution in [2.45, 2.75) is 0 Å². The van der Waals surface area contributed by atoms with Crippen LogP contribution in [0.5, 0.6) is 0 Å². The van der Waals surface area contributed by atoms with Crippen molar-refractivity contribution < 1.29 is 4.79 Å². The molecule has 0 aromatic heterocycles. The first-order valence-electron chi connectivity index (χ1n) is 6.16. The second-order valence-corrected chi connectivity index (χ2v) is 5.00. The second kappa shape index (κ2) is 7.11. The molecule has 2 rings (SSSR count). The van der Waals surface area contributed by atoms with Crippen molar-refractivity contribution in [3.8, 4) is 0 Å². The fourth-order valence-corrected chi connectivity index (χ4v) is 1.86. The van der Waals surface area contributed by atoms with Crippen molar-refractivity contribution in [3.63, 3.8) is 0 Å². The van der Waals surface area contributed by atoms with Crippen molar-refractivity contribution >= 4 is 46.9 Å².